The molecule has 2 heterocycles. The third kappa shape index (κ3) is 2.68. The normalized spacial score (nSPS) is 10.9. The highest BCUT2D eigenvalue weighted by Gasteiger charge is 2.16. The van der Waals surface area contributed by atoms with Gasteiger partial charge in [0.15, 0.2) is 0 Å². The number of aromatic nitrogens is 3. The maximum absolute atomic E-state index is 10.9. The molecule has 0 unspecified atom stereocenters. The summed E-state index contributed by atoms with van der Waals surface area (Å²) in [7, 11) is 0. The van der Waals surface area contributed by atoms with E-state index in [0.29, 0.717) is 12.8 Å². The van der Waals surface area contributed by atoms with Gasteiger partial charge in [-0.1, -0.05) is 11.3 Å². The summed E-state index contributed by atoms with van der Waals surface area (Å²) in [5.41, 5.74) is 9.30. The van der Waals surface area contributed by atoms with E-state index >= 15 is 0 Å². The highest BCUT2D eigenvalue weighted by Crippen LogP contribution is 2.24. The Morgan fingerprint density at radius 3 is 2.47 bits per heavy atom. The molecule has 2 rings (SSSR count). The number of hydrogen-bond acceptors (Lipinski definition) is 4. The van der Waals surface area contributed by atoms with E-state index in [4.69, 9.17) is 5.73 Å². The fourth-order valence-electron chi connectivity index (χ4n) is 2.02. The summed E-state index contributed by atoms with van der Waals surface area (Å²) in [5.74, 6) is -0.285. The lowest BCUT2D eigenvalue weighted by molar-refractivity contribution is -0.117. The maximum atomic E-state index is 10.9. The second-order valence-electron chi connectivity index (χ2n) is 4.67. The zero-order valence-electron chi connectivity index (χ0n) is 11.6. The molecule has 0 atom stereocenters. The van der Waals surface area contributed by atoms with Gasteiger partial charge in [-0.05, 0) is 39.7 Å². The minimum atomic E-state index is -0.285. The van der Waals surface area contributed by atoms with Gasteiger partial charge in [-0.2, -0.15) is 5.10 Å². The summed E-state index contributed by atoms with van der Waals surface area (Å²) in [6.07, 6.45) is 0.986. The second-order valence-corrected chi connectivity index (χ2v) is 5.85. The molecule has 102 valence electrons. The fourth-order valence-corrected chi connectivity index (χ4v) is 2.93. The third-order valence-electron chi connectivity index (χ3n) is 3.26. The van der Waals surface area contributed by atoms with Crippen LogP contribution in [0.5, 0.6) is 0 Å². The Morgan fingerprint density at radius 2 is 1.95 bits per heavy atom. The molecule has 2 N–H and O–H groups in total. The number of nitrogens with zero attached hydrogens (tertiary/aromatic N) is 3. The van der Waals surface area contributed by atoms with Gasteiger partial charge in [0.05, 0.1) is 11.4 Å². The molecule has 19 heavy (non-hydrogen) atoms. The maximum Gasteiger partial charge on any atom is 0.217 e. The van der Waals surface area contributed by atoms with Crippen molar-refractivity contribution in [3.05, 3.63) is 27.5 Å². The molecule has 0 saturated carbocycles. The van der Waals surface area contributed by atoms with Crippen molar-refractivity contribution >= 4 is 17.2 Å². The number of nitrogens with two attached hydrogens (primary N) is 1. The van der Waals surface area contributed by atoms with E-state index in [1.54, 1.807) is 11.3 Å². The van der Waals surface area contributed by atoms with E-state index in [1.807, 2.05) is 25.5 Å². The Morgan fingerprint density at radius 1 is 1.26 bits per heavy atom. The van der Waals surface area contributed by atoms with Gasteiger partial charge >= 0.3 is 0 Å². The number of amides is 1. The molecular weight excluding hydrogens is 260 g/mol. The van der Waals surface area contributed by atoms with Crippen LogP contribution in [0.2, 0.25) is 0 Å². The Balaban J connectivity index is 2.38. The van der Waals surface area contributed by atoms with Crippen LogP contribution in [0.3, 0.4) is 0 Å². The van der Waals surface area contributed by atoms with Crippen molar-refractivity contribution < 1.29 is 4.79 Å². The van der Waals surface area contributed by atoms with Gasteiger partial charge in [0.2, 0.25) is 11.0 Å². The lowest BCUT2D eigenvalue weighted by atomic mass is 10.1. The van der Waals surface area contributed by atoms with E-state index in [0.717, 1.165) is 27.8 Å². The molecule has 1 amide bonds. The molecule has 0 fully saturated rings. The van der Waals surface area contributed by atoms with Crippen LogP contribution >= 0.6 is 11.3 Å². The van der Waals surface area contributed by atoms with Gasteiger partial charge in [-0.25, -0.2) is 9.67 Å². The molecule has 0 aromatic carbocycles. The number of hydrogen-bond donors (Lipinski definition) is 1. The summed E-state index contributed by atoms with van der Waals surface area (Å²) < 4.78 is 1.86. The Hall–Kier alpha value is -1.69. The van der Waals surface area contributed by atoms with Crippen molar-refractivity contribution in [3.63, 3.8) is 0 Å². The average Bonchev–Trinajstić information content (AvgIpc) is 2.79. The van der Waals surface area contributed by atoms with Crippen LogP contribution in [-0.2, 0) is 11.2 Å². The van der Waals surface area contributed by atoms with Gasteiger partial charge in [0.1, 0.15) is 0 Å². The summed E-state index contributed by atoms with van der Waals surface area (Å²) in [6, 6.07) is 0. The van der Waals surface area contributed by atoms with E-state index in [2.05, 4.69) is 17.0 Å². The SMILES string of the molecule is Cc1nc(-n2nc(C)c(CCC(N)=O)c2C)sc1C. The molecule has 6 heteroatoms. The molecule has 0 spiro atoms. The van der Waals surface area contributed by atoms with E-state index < -0.39 is 0 Å². The number of carbonyl (C=O) groups excluding carboxylic acids is 1. The zero-order chi connectivity index (χ0) is 14.2. The van der Waals surface area contributed by atoms with Crippen molar-refractivity contribution in [2.24, 2.45) is 5.73 Å². The molecule has 0 bridgehead atoms. The second kappa shape index (κ2) is 5.13. The molecule has 0 saturated heterocycles. The minimum absolute atomic E-state index is 0.285. The lowest BCUT2D eigenvalue weighted by Gasteiger charge is -2.01. The van der Waals surface area contributed by atoms with Gasteiger partial charge in [0.25, 0.3) is 0 Å². The zero-order valence-corrected chi connectivity index (χ0v) is 12.5. The van der Waals surface area contributed by atoms with Gasteiger partial charge in [0, 0.05) is 17.0 Å². The standard InChI is InChI=1S/C13H18N4OS/c1-7-10(4)19-13(15-7)17-9(3)11(8(2)16-17)5-6-12(14)18/h5-6H2,1-4H3,(H2,14,18). The molecule has 5 nitrogen and oxygen atoms in total. The molecule has 2 aromatic rings. The fraction of sp³-hybridized carbons (Fsp3) is 0.462. The van der Waals surface area contributed by atoms with Gasteiger partial charge in [-0.15, -0.1) is 0 Å². The smallest absolute Gasteiger partial charge is 0.217 e. The van der Waals surface area contributed by atoms with Crippen molar-refractivity contribution in [1.29, 1.82) is 0 Å². The number of primary amides is 1. The van der Waals surface area contributed by atoms with Crippen LogP contribution in [0.25, 0.3) is 5.13 Å². The Bertz CT molecular complexity index is 607. The van der Waals surface area contributed by atoms with Crippen molar-refractivity contribution in [1.82, 2.24) is 14.8 Å². The monoisotopic (exact) mass is 278 g/mol. The van der Waals surface area contributed by atoms with E-state index in [1.165, 1.54) is 4.88 Å². The summed E-state index contributed by atoms with van der Waals surface area (Å²) in [6.45, 7) is 8.00. The van der Waals surface area contributed by atoms with E-state index in [9.17, 15) is 4.79 Å². The quantitative estimate of drug-likeness (QED) is 0.929. The van der Waals surface area contributed by atoms with Crippen molar-refractivity contribution in [3.8, 4) is 5.13 Å². The van der Waals surface area contributed by atoms with Crippen molar-refractivity contribution in [2.45, 2.75) is 40.5 Å². The minimum Gasteiger partial charge on any atom is -0.370 e. The number of rotatable bonds is 4. The first-order valence-electron chi connectivity index (χ1n) is 6.18. The van der Waals surface area contributed by atoms with Gasteiger partial charge in [-0.3, -0.25) is 4.79 Å². The van der Waals surface area contributed by atoms with Crippen LogP contribution in [0.4, 0.5) is 0 Å². The average molecular weight is 278 g/mol. The highest BCUT2D eigenvalue weighted by atomic mass is 32.1. The molecule has 0 radical (unpaired) electrons. The van der Waals surface area contributed by atoms with Crippen LogP contribution in [0.15, 0.2) is 0 Å². The summed E-state index contributed by atoms with van der Waals surface area (Å²) >= 11 is 1.63. The number of thiazole rings is 1. The molecule has 0 aliphatic heterocycles. The highest BCUT2D eigenvalue weighted by molar-refractivity contribution is 7.14. The van der Waals surface area contributed by atoms with Crippen LogP contribution < -0.4 is 5.73 Å². The first-order valence-corrected chi connectivity index (χ1v) is 6.99. The van der Waals surface area contributed by atoms with Crippen LogP contribution in [0.1, 0.15) is 33.9 Å². The van der Waals surface area contributed by atoms with Crippen molar-refractivity contribution in [2.75, 3.05) is 0 Å². The Kier molecular flexibility index (Phi) is 3.71. The molecule has 0 aliphatic carbocycles. The topological polar surface area (TPSA) is 73.8 Å². The predicted molar refractivity (Wildman–Crippen MR) is 75.7 cm³/mol. The molecule has 2 aromatic heterocycles. The predicted octanol–water partition coefficient (Wildman–Crippen LogP) is 1.98. The number of carbonyl (C=O) groups is 1. The summed E-state index contributed by atoms with van der Waals surface area (Å²) in [5, 5.41) is 5.40. The largest absolute Gasteiger partial charge is 0.370 e. The first kappa shape index (κ1) is 13.7. The van der Waals surface area contributed by atoms with Crippen LogP contribution in [-0.4, -0.2) is 20.7 Å². The van der Waals surface area contributed by atoms with Gasteiger partial charge < -0.3 is 5.73 Å². The third-order valence-corrected chi connectivity index (χ3v) is 4.31. The summed E-state index contributed by atoms with van der Waals surface area (Å²) in [4.78, 5) is 16.6. The number of aryl methyl sites for hydroxylation is 3. The van der Waals surface area contributed by atoms with Crippen LogP contribution in [0, 0.1) is 27.7 Å². The Labute approximate surface area is 116 Å². The lowest BCUT2D eigenvalue weighted by Crippen LogP contribution is -2.11. The molecule has 0 aliphatic rings. The van der Waals surface area contributed by atoms with E-state index in [-0.39, 0.29) is 5.91 Å². The molecular formula is C13H18N4OS. The first-order chi connectivity index (χ1) is 8.90.